The highest BCUT2D eigenvalue weighted by atomic mass is 35.5. The van der Waals surface area contributed by atoms with Crippen molar-refractivity contribution in [2.24, 2.45) is 5.92 Å². The average molecular weight is 297 g/mol. The highest BCUT2D eigenvalue weighted by Gasteiger charge is 2.24. The molecule has 110 valence electrons. The number of anilines is 1. The number of rotatable bonds is 5. The van der Waals surface area contributed by atoms with Gasteiger partial charge in [-0.05, 0) is 31.0 Å². The first kappa shape index (κ1) is 15.1. The Morgan fingerprint density at radius 3 is 2.85 bits per heavy atom. The summed E-state index contributed by atoms with van der Waals surface area (Å²) >= 11 is 6.01. The van der Waals surface area contributed by atoms with Crippen molar-refractivity contribution in [2.45, 2.75) is 12.8 Å². The van der Waals surface area contributed by atoms with Gasteiger partial charge in [-0.2, -0.15) is 0 Å². The number of methoxy groups -OCH3 is 1. The molecule has 0 aromatic heterocycles. The van der Waals surface area contributed by atoms with Gasteiger partial charge in [0.2, 0.25) is 5.91 Å². The Bertz CT molecular complexity index is 445. The van der Waals surface area contributed by atoms with Crippen LogP contribution in [0, 0.1) is 5.92 Å². The van der Waals surface area contributed by atoms with Crippen LogP contribution in [0.1, 0.15) is 12.8 Å². The van der Waals surface area contributed by atoms with Crippen LogP contribution in [0.3, 0.4) is 0 Å². The SMILES string of the molecule is COCCNC(=O)C1CCN(c2cccc(Cl)c2)CC1. The number of carbonyl (C=O) groups excluding carboxylic acids is 1. The van der Waals surface area contributed by atoms with Gasteiger partial charge in [0.05, 0.1) is 6.61 Å². The fourth-order valence-electron chi connectivity index (χ4n) is 2.49. The van der Waals surface area contributed by atoms with E-state index < -0.39 is 0 Å². The lowest BCUT2D eigenvalue weighted by Crippen LogP contribution is -2.41. The molecule has 1 aromatic rings. The minimum Gasteiger partial charge on any atom is -0.383 e. The van der Waals surface area contributed by atoms with Gasteiger partial charge in [-0.25, -0.2) is 0 Å². The Morgan fingerprint density at radius 2 is 2.20 bits per heavy atom. The Kier molecular flexibility index (Phi) is 5.68. The summed E-state index contributed by atoms with van der Waals surface area (Å²) < 4.78 is 4.93. The molecule has 0 aliphatic carbocycles. The molecule has 0 saturated carbocycles. The van der Waals surface area contributed by atoms with Crippen molar-refractivity contribution in [1.82, 2.24) is 5.32 Å². The summed E-state index contributed by atoms with van der Waals surface area (Å²) in [5.41, 5.74) is 1.13. The van der Waals surface area contributed by atoms with Gasteiger partial charge in [0.15, 0.2) is 0 Å². The van der Waals surface area contributed by atoms with Crippen LogP contribution >= 0.6 is 11.6 Å². The molecule has 1 aliphatic heterocycles. The van der Waals surface area contributed by atoms with Gasteiger partial charge in [-0.15, -0.1) is 0 Å². The number of amides is 1. The fourth-order valence-corrected chi connectivity index (χ4v) is 2.68. The predicted molar refractivity (Wildman–Crippen MR) is 81.3 cm³/mol. The van der Waals surface area contributed by atoms with Crippen molar-refractivity contribution >= 4 is 23.2 Å². The molecule has 0 atom stereocenters. The predicted octanol–water partition coefficient (Wildman–Crippen LogP) is 2.32. The van der Waals surface area contributed by atoms with Crippen LogP contribution in [-0.2, 0) is 9.53 Å². The number of benzene rings is 1. The largest absolute Gasteiger partial charge is 0.383 e. The molecular formula is C15H21ClN2O2. The van der Waals surface area contributed by atoms with E-state index >= 15 is 0 Å². The molecule has 2 rings (SSSR count). The summed E-state index contributed by atoms with van der Waals surface area (Å²) in [5, 5.41) is 3.67. The second-order valence-corrected chi connectivity index (χ2v) is 5.46. The molecular weight excluding hydrogens is 276 g/mol. The maximum absolute atomic E-state index is 12.0. The Balaban J connectivity index is 1.81. The summed E-state index contributed by atoms with van der Waals surface area (Å²) in [6.07, 6.45) is 1.76. The van der Waals surface area contributed by atoms with Crippen molar-refractivity contribution in [1.29, 1.82) is 0 Å². The summed E-state index contributed by atoms with van der Waals surface area (Å²) in [4.78, 5) is 14.2. The maximum Gasteiger partial charge on any atom is 0.223 e. The van der Waals surface area contributed by atoms with E-state index in [1.807, 2.05) is 18.2 Å². The van der Waals surface area contributed by atoms with Crippen LogP contribution in [0.2, 0.25) is 5.02 Å². The summed E-state index contributed by atoms with van der Waals surface area (Å²) in [5.74, 6) is 0.259. The number of hydrogen-bond acceptors (Lipinski definition) is 3. The number of nitrogens with one attached hydrogen (secondary N) is 1. The molecule has 1 aliphatic rings. The summed E-state index contributed by atoms with van der Waals surface area (Å²) in [6.45, 7) is 2.93. The van der Waals surface area contributed by atoms with E-state index in [1.54, 1.807) is 7.11 Å². The van der Waals surface area contributed by atoms with E-state index in [0.29, 0.717) is 13.2 Å². The number of halogens is 1. The standard InChI is InChI=1S/C15H21ClN2O2/c1-20-10-7-17-15(19)12-5-8-18(9-6-12)14-4-2-3-13(16)11-14/h2-4,11-12H,5-10H2,1H3,(H,17,19). The van der Waals surface area contributed by atoms with Crippen LogP contribution in [0.15, 0.2) is 24.3 Å². The third-order valence-corrected chi connectivity index (χ3v) is 3.88. The van der Waals surface area contributed by atoms with Crippen molar-refractivity contribution in [3.63, 3.8) is 0 Å². The molecule has 0 radical (unpaired) electrons. The van der Waals surface area contributed by atoms with Crippen molar-refractivity contribution < 1.29 is 9.53 Å². The van der Waals surface area contributed by atoms with Gasteiger partial charge < -0.3 is 15.0 Å². The van der Waals surface area contributed by atoms with E-state index in [4.69, 9.17) is 16.3 Å². The average Bonchev–Trinajstić information content (AvgIpc) is 2.47. The molecule has 4 nitrogen and oxygen atoms in total. The van der Waals surface area contributed by atoms with Crippen LogP contribution < -0.4 is 10.2 Å². The normalized spacial score (nSPS) is 16.2. The van der Waals surface area contributed by atoms with E-state index in [9.17, 15) is 4.79 Å². The Hall–Kier alpha value is -1.26. The molecule has 1 fully saturated rings. The third kappa shape index (κ3) is 4.12. The molecule has 0 spiro atoms. The minimum atomic E-state index is 0.113. The van der Waals surface area contributed by atoms with Crippen LogP contribution in [0.5, 0.6) is 0 Å². The van der Waals surface area contributed by atoms with Gasteiger partial charge in [0.1, 0.15) is 0 Å². The van der Waals surface area contributed by atoms with Crippen molar-refractivity contribution in [3.05, 3.63) is 29.3 Å². The molecule has 0 bridgehead atoms. The molecule has 1 heterocycles. The lowest BCUT2D eigenvalue weighted by molar-refractivity contribution is -0.125. The minimum absolute atomic E-state index is 0.113. The number of hydrogen-bond donors (Lipinski definition) is 1. The summed E-state index contributed by atoms with van der Waals surface area (Å²) in [7, 11) is 1.63. The molecule has 20 heavy (non-hydrogen) atoms. The first-order valence-corrected chi connectivity index (χ1v) is 7.35. The first-order valence-electron chi connectivity index (χ1n) is 6.98. The molecule has 1 aromatic carbocycles. The number of carbonyl (C=O) groups is 1. The van der Waals surface area contributed by atoms with E-state index in [0.717, 1.165) is 36.6 Å². The molecule has 0 unspecified atom stereocenters. The molecule has 5 heteroatoms. The zero-order valence-corrected chi connectivity index (χ0v) is 12.5. The van der Waals surface area contributed by atoms with Gasteiger partial charge in [0.25, 0.3) is 0 Å². The van der Waals surface area contributed by atoms with Gasteiger partial charge >= 0.3 is 0 Å². The maximum atomic E-state index is 12.0. The Morgan fingerprint density at radius 1 is 1.45 bits per heavy atom. The quantitative estimate of drug-likeness (QED) is 0.848. The van der Waals surface area contributed by atoms with Crippen molar-refractivity contribution in [3.8, 4) is 0 Å². The second kappa shape index (κ2) is 7.50. The molecule has 1 amide bonds. The van der Waals surface area contributed by atoms with E-state index in [-0.39, 0.29) is 11.8 Å². The topological polar surface area (TPSA) is 41.6 Å². The monoisotopic (exact) mass is 296 g/mol. The zero-order chi connectivity index (χ0) is 14.4. The number of nitrogens with zero attached hydrogens (tertiary/aromatic N) is 1. The van der Waals surface area contributed by atoms with Gasteiger partial charge in [-0.1, -0.05) is 17.7 Å². The molecule has 1 saturated heterocycles. The highest BCUT2D eigenvalue weighted by Crippen LogP contribution is 2.25. The van der Waals surface area contributed by atoms with E-state index in [1.165, 1.54) is 0 Å². The lowest BCUT2D eigenvalue weighted by atomic mass is 9.95. The fraction of sp³-hybridized carbons (Fsp3) is 0.533. The number of piperidine rings is 1. The molecule has 1 N–H and O–H groups in total. The third-order valence-electron chi connectivity index (χ3n) is 3.64. The Labute approximate surface area is 125 Å². The number of ether oxygens (including phenoxy) is 1. The first-order chi connectivity index (χ1) is 9.70. The van der Waals surface area contributed by atoms with Gasteiger partial charge in [0, 0.05) is 43.4 Å². The highest BCUT2D eigenvalue weighted by molar-refractivity contribution is 6.30. The smallest absolute Gasteiger partial charge is 0.223 e. The van der Waals surface area contributed by atoms with Crippen LogP contribution in [-0.4, -0.2) is 39.3 Å². The summed E-state index contributed by atoms with van der Waals surface area (Å²) in [6, 6.07) is 7.87. The van der Waals surface area contributed by atoms with Gasteiger partial charge in [-0.3, -0.25) is 4.79 Å². The lowest BCUT2D eigenvalue weighted by Gasteiger charge is -2.33. The van der Waals surface area contributed by atoms with Crippen LogP contribution in [0.4, 0.5) is 5.69 Å². The zero-order valence-electron chi connectivity index (χ0n) is 11.8. The van der Waals surface area contributed by atoms with Crippen LogP contribution in [0.25, 0.3) is 0 Å². The van der Waals surface area contributed by atoms with Crippen molar-refractivity contribution in [2.75, 3.05) is 38.3 Å². The second-order valence-electron chi connectivity index (χ2n) is 5.03. The van der Waals surface area contributed by atoms with E-state index in [2.05, 4.69) is 16.3 Å².